The van der Waals surface area contributed by atoms with Crippen LogP contribution in [0.4, 0.5) is 20.2 Å². The van der Waals surface area contributed by atoms with Gasteiger partial charge in [-0.05, 0) is 24.3 Å². The molecule has 104 valence electrons. The summed E-state index contributed by atoms with van der Waals surface area (Å²) in [5, 5.41) is 13.7. The summed E-state index contributed by atoms with van der Waals surface area (Å²) >= 11 is 0. The van der Waals surface area contributed by atoms with Gasteiger partial charge in [0.05, 0.1) is 4.92 Å². The van der Waals surface area contributed by atoms with E-state index in [1.807, 2.05) is 0 Å². The normalized spacial score (nSPS) is 10.2. The lowest BCUT2D eigenvalue weighted by Crippen LogP contribution is -2.00. The molecule has 0 saturated heterocycles. The zero-order valence-electron chi connectivity index (χ0n) is 10.4. The first-order valence-corrected chi connectivity index (χ1v) is 5.61. The second-order valence-electron chi connectivity index (χ2n) is 3.81. The lowest BCUT2D eigenvalue weighted by Gasteiger charge is -2.09. The molecular formula is C13H10F2N2O3. The standard InChI is InChI=1S/C13H10F2N2O3/c1-16-9-5-3-7-11(13(9)17(18)19)20-10-6-2-4-8(14)12(10)15/h2-7,16H,1H3. The molecule has 0 aliphatic heterocycles. The van der Waals surface area contributed by atoms with E-state index < -0.39 is 22.3 Å². The van der Waals surface area contributed by atoms with Crippen LogP contribution in [-0.4, -0.2) is 12.0 Å². The van der Waals surface area contributed by atoms with Crippen molar-refractivity contribution in [3.8, 4) is 11.5 Å². The SMILES string of the molecule is CNc1cccc(Oc2cccc(F)c2F)c1[N+](=O)[O-]. The third-order valence-electron chi connectivity index (χ3n) is 2.59. The molecule has 0 aliphatic rings. The highest BCUT2D eigenvalue weighted by Crippen LogP contribution is 2.38. The van der Waals surface area contributed by atoms with Crippen molar-refractivity contribution in [2.45, 2.75) is 0 Å². The molecule has 0 bridgehead atoms. The van der Waals surface area contributed by atoms with Crippen molar-refractivity contribution in [3.63, 3.8) is 0 Å². The molecule has 0 heterocycles. The molecule has 0 fully saturated rings. The van der Waals surface area contributed by atoms with Crippen LogP contribution in [0.5, 0.6) is 11.5 Å². The van der Waals surface area contributed by atoms with Gasteiger partial charge in [-0.1, -0.05) is 12.1 Å². The third-order valence-corrected chi connectivity index (χ3v) is 2.59. The molecule has 20 heavy (non-hydrogen) atoms. The number of nitro groups is 1. The molecule has 0 atom stereocenters. The van der Waals surface area contributed by atoms with Gasteiger partial charge in [-0.25, -0.2) is 4.39 Å². The lowest BCUT2D eigenvalue weighted by atomic mass is 10.2. The molecule has 0 aliphatic carbocycles. The molecule has 0 aromatic heterocycles. The minimum absolute atomic E-state index is 0.175. The Kier molecular flexibility index (Phi) is 3.79. The van der Waals surface area contributed by atoms with E-state index in [9.17, 15) is 18.9 Å². The van der Waals surface area contributed by atoms with E-state index in [0.29, 0.717) is 0 Å². The number of rotatable bonds is 4. The zero-order chi connectivity index (χ0) is 14.7. The van der Waals surface area contributed by atoms with Gasteiger partial charge in [0, 0.05) is 7.05 Å². The van der Waals surface area contributed by atoms with Gasteiger partial charge >= 0.3 is 5.69 Å². The number of nitro benzene ring substituents is 1. The zero-order valence-corrected chi connectivity index (χ0v) is 10.4. The maximum atomic E-state index is 13.5. The number of ether oxygens (including phenoxy) is 1. The Hall–Kier alpha value is -2.70. The van der Waals surface area contributed by atoms with Crippen LogP contribution in [0.1, 0.15) is 0 Å². The van der Waals surface area contributed by atoms with Crippen molar-refractivity contribution in [2.24, 2.45) is 0 Å². The number of para-hydroxylation sites is 1. The third kappa shape index (κ3) is 2.51. The Morgan fingerprint density at radius 3 is 2.45 bits per heavy atom. The monoisotopic (exact) mass is 280 g/mol. The molecule has 2 aromatic rings. The smallest absolute Gasteiger partial charge is 0.334 e. The molecule has 2 rings (SSSR count). The number of halogens is 2. The summed E-state index contributed by atoms with van der Waals surface area (Å²) in [6.45, 7) is 0. The largest absolute Gasteiger partial charge is 0.447 e. The summed E-state index contributed by atoms with van der Waals surface area (Å²) in [6, 6.07) is 7.66. The molecule has 0 radical (unpaired) electrons. The first-order valence-electron chi connectivity index (χ1n) is 5.61. The van der Waals surface area contributed by atoms with Crippen LogP contribution < -0.4 is 10.1 Å². The van der Waals surface area contributed by atoms with Crippen molar-refractivity contribution >= 4 is 11.4 Å². The van der Waals surface area contributed by atoms with E-state index >= 15 is 0 Å². The Labute approximate surface area is 113 Å². The Morgan fingerprint density at radius 1 is 1.15 bits per heavy atom. The first kappa shape index (κ1) is 13.7. The second-order valence-corrected chi connectivity index (χ2v) is 3.81. The van der Waals surface area contributed by atoms with Gasteiger partial charge in [-0.15, -0.1) is 0 Å². The van der Waals surface area contributed by atoms with Crippen LogP contribution >= 0.6 is 0 Å². The summed E-state index contributed by atoms with van der Waals surface area (Å²) in [6.07, 6.45) is 0. The highest BCUT2D eigenvalue weighted by atomic mass is 19.2. The molecule has 0 saturated carbocycles. The summed E-state index contributed by atoms with van der Waals surface area (Å²) in [4.78, 5) is 10.4. The average molecular weight is 280 g/mol. The van der Waals surface area contributed by atoms with Crippen molar-refractivity contribution in [1.82, 2.24) is 0 Å². The number of nitrogens with one attached hydrogen (secondary N) is 1. The minimum Gasteiger partial charge on any atom is -0.447 e. The number of anilines is 1. The fourth-order valence-electron chi connectivity index (χ4n) is 1.68. The highest BCUT2D eigenvalue weighted by Gasteiger charge is 2.22. The van der Waals surface area contributed by atoms with E-state index in [-0.39, 0.29) is 17.1 Å². The van der Waals surface area contributed by atoms with Crippen LogP contribution in [0.3, 0.4) is 0 Å². The summed E-state index contributed by atoms with van der Waals surface area (Å²) in [5.74, 6) is -2.88. The molecule has 0 unspecified atom stereocenters. The Bertz CT molecular complexity index is 662. The van der Waals surface area contributed by atoms with E-state index in [1.54, 1.807) is 0 Å². The molecule has 0 amide bonds. The van der Waals surface area contributed by atoms with Crippen LogP contribution in [0.15, 0.2) is 36.4 Å². The molecule has 1 N–H and O–H groups in total. The van der Waals surface area contributed by atoms with Crippen LogP contribution in [-0.2, 0) is 0 Å². The van der Waals surface area contributed by atoms with Gasteiger partial charge in [-0.3, -0.25) is 10.1 Å². The van der Waals surface area contributed by atoms with E-state index in [2.05, 4.69) is 5.32 Å². The first-order chi connectivity index (χ1) is 9.54. The Morgan fingerprint density at radius 2 is 1.80 bits per heavy atom. The van der Waals surface area contributed by atoms with Crippen molar-refractivity contribution in [3.05, 3.63) is 58.1 Å². The minimum atomic E-state index is -1.20. The summed E-state index contributed by atoms with van der Waals surface area (Å²) in [5.41, 5.74) is -0.136. The maximum absolute atomic E-state index is 13.5. The fraction of sp³-hybridized carbons (Fsp3) is 0.0769. The molecule has 7 heteroatoms. The van der Waals surface area contributed by atoms with Gasteiger partial charge in [0.25, 0.3) is 0 Å². The summed E-state index contributed by atoms with van der Waals surface area (Å²) < 4.78 is 31.7. The van der Waals surface area contributed by atoms with E-state index in [0.717, 1.165) is 6.07 Å². The molecule has 0 spiro atoms. The summed E-state index contributed by atoms with van der Waals surface area (Å²) in [7, 11) is 1.51. The van der Waals surface area contributed by atoms with Crippen LogP contribution in [0.2, 0.25) is 0 Å². The number of hydrogen-bond donors (Lipinski definition) is 1. The molecule has 5 nitrogen and oxygen atoms in total. The lowest BCUT2D eigenvalue weighted by molar-refractivity contribution is -0.384. The molecule has 2 aromatic carbocycles. The number of nitrogens with zero attached hydrogens (tertiary/aromatic N) is 1. The van der Waals surface area contributed by atoms with Crippen molar-refractivity contribution in [2.75, 3.05) is 12.4 Å². The maximum Gasteiger partial charge on any atom is 0.334 e. The van der Waals surface area contributed by atoms with Gasteiger partial charge in [0.1, 0.15) is 5.69 Å². The predicted molar refractivity (Wildman–Crippen MR) is 69.1 cm³/mol. The van der Waals surface area contributed by atoms with Crippen LogP contribution in [0, 0.1) is 21.7 Å². The van der Waals surface area contributed by atoms with Crippen molar-refractivity contribution < 1.29 is 18.4 Å². The van der Waals surface area contributed by atoms with Crippen molar-refractivity contribution in [1.29, 1.82) is 0 Å². The molecular weight excluding hydrogens is 270 g/mol. The Balaban J connectivity index is 2.48. The van der Waals surface area contributed by atoms with Crippen LogP contribution in [0.25, 0.3) is 0 Å². The van der Waals surface area contributed by atoms with Gasteiger partial charge < -0.3 is 10.1 Å². The number of hydrogen-bond acceptors (Lipinski definition) is 4. The van der Waals surface area contributed by atoms with Gasteiger partial charge in [-0.2, -0.15) is 4.39 Å². The number of benzene rings is 2. The second kappa shape index (κ2) is 5.52. The van der Waals surface area contributed by atoms with Gasteiger partial charge in [0.15, 0.2) is 11.6 Å². The predicted octanol–water partition coefficient (Wildman–Crippen LogP) is 3.71. The van der Waals surface area contributed by atoms with Gasteiger partial charge in [0.2, 0.25) is 11.6 Å². The topological polar surface area (TPSA) is 64.4 Å². The quantitative estimate of drug-likeness (QED) is 0.685. The van der Waals surface area contributed by atoms with E-state index in [4.69, 9.17) is 4.74 Å². The van der Waals surface area contributed by atoms with E-state index in [1.165, 1.54) is 37.4 Å². The fourth-order valence-corrected chi connectivity index (χ4v) is 1.68. The highest BCUT2D eigenvalue weighted by molar-refractivity contribution is 5.68. The average Bonchev–Trinajstić information content (AvgIpc) is 2.43.